The molecule has 5 rings (SSSR count). The Balaban J connectivity index is 1.46. The van der Waals surface area contributed by atoms with Gasteiger partial charge in [-0.2, -0.15) is 0 Å². The Labute approximate surface area is 293 Å². The third kappa shape index (κ3) is 6.16. The lowest BCUT2D eigenvalue weighted by molar-refractivity contribution is -0.162. The van der Waals surface area contributed by atoms with E-state index in [-0.39, 0.29) is 57.9 Å². The number of aromatic hydroxyl groups is 2. The number of urea groups is 1. The van der Waals surface area contributed by atoms with E-state index in [9.17, 15) is 53.7 Å². The molecule has 1 aromatic carbocycles. The standard InChI is InChI=1S/C27H25N9O11S3/c1-2-34-5-6-35(21(43)20(34)42)26(47)30-15(11-3-4-13(39)14(40)7-11)18(41)31-27(29-10-38)23(46)36-16(22(44)45)12(8-49-24(27)36)17(48)19-32-33-25(50-19)28-9-37/h3-4,7,9-10,15,24,39-40H,2,5-6,8H2,1H3,(H,29,38)(H,30,47)(H,31,41)(H,44,45)(H,28,33,37)/t15?,24-,27+/m0/s1. The van der Waals surface area contributed by atoms with Gasteiger partial charge in [0.05, 0.1) is 4.86 Å². The van der Waals surface area contributed by atoms with Crippen molar-refractivity contribution >= 4 is 93.8 Å². The van der Waals surface area contributed by atoms with Crippen LogP contribution in [0, 0.1) is 0 Å². The van der Waals surface area contributed by atoms with Crippen molar-refractivity contribution in [1.82, 2.24) is 40.8 Å². The smallest absolute Gasteiger partial charge is 0.353 e. The zero-order valence-corrected chi connectivity index (χ0v) is 27.9. The van der Waals surface area contributed by atoms with E-state index in [2.05, 4.69) is 31.5 Å². The number of thiocarbonyl (C=S) groups is 1. The zero-order chi connectivity index (χ0) is 36.5. The Morgan fingerprint density at radius 3 is 2.48 bits per heavy atom. The molecule has 7 N–H and O–H groups in total. The number of imide groups is 1. The number of likely N-dealkylation sites (N-methyl/N-ethyl adjacent to an activating group) is 1. The molecule has 23 heteroatoms. The predicted molar refractivity (Wildman–Crippen MR) is 174 cm³/mol. The highest BCUT2D eigenvalue weighted by atomic mass is 32.2. The van der Waals surface area contributed by atoms with Gasteiger partial charge < -0.3 is 41.5 Å². The number of piperazine rings is 1. The molecule has 20 nitrogen and oxygen atoms in total. The first-order chi connectivity index (χ1) is 23.8. The fourth-order valence-corrected chi connectivity index (χ4v) is 7.85. The normalized spacial score (nSPS) is 20.7. The van der Waals surface area contributed by atoms with E-state index in [1.165, 1.54) is 4.90 Å². The van der Waals surface area contributed by atoms with E-state index in [4.69, 9.17) is 12.2 Å². The topological polar surface area (TPSA) is 281 Å². The van der Waals surface area contributed by atoms with E-state index >= 15 is 0 Å². The maximum atomic E-state index is 14.0. The summed E-state index contributed by atoms with van der Waals surface area (Å²) in [4.78, 5) is 104. The van der Waals surface area contributed by atoms with Crippen LogP contribution in [0.15, 0.2) is 29.5 Å². The maximum Gasteiger partial charge on any atom is 0.353 e. The number of benzene rings is 1. The molecule has 3 atom stereocenters. The number of carbonyl (C=O) groups is 8. The number of carboxylic acids is 1. The van der Waals surface area contributed by atoms with Crippen LogP contribution < -0.4 is 21.3 Å². The number of thioether (sulfide) groups is 1. The number of phenolic OH excluding ortho intramolecular Hbond substituents is 2. The average Bonchev–Trinajstić information content (AvgIpc) is 3.56. The van der Waals surface area contributed by atoms with Crippen LogP contribution in [-0.2, 0) is 33.6 Å². The number of aromatic nitrogens is 2. The fraction of sp³-hybridized carbons (Fsp3) is 0.296. The van der Waals surface area contributed by atoms with Gasteiger partial charge in [-0.05, 0) is 24.6 Å². The molecule has 2 fully saturated rings. The van der Waals surface area contributed by atoms with Crippen LogP contribution in [0.25, 0.3) is 0 Å². The first kappa shape index (κ1) is 35.6. The number of carbonyl (C=O) groups excluding carboxylic acids is 7. The Bertz CT molecular complexity index is 1890. The van der Waals surface area contributed by atoms with Crippen molar-refractivity contribution in [1.29, 1.82) is 0 Å². The summed E-state index contributed by atoms with van der Waals surface area (Å²) in [6, 6.07) is 0.0750. The lowest BCUT2D eigenvalue weighted by Gasteiger charge is -2.56. The summed E-state index contributed by atoms with van der Waals surface area (Å²) in [6.07, 6.45) is 0.456. The van der Waals surface area contributed by atoms with Crippen molar-refractivity contribution in [3.05, 3.63) is 40.0 Å². The number of nitrogens with one attached hydrogen (secondary N) is 4. The summed E-state index contributed by atoms with van der Waals surface area (Å²) in [7, 11) is 0. The van der Waals surface area contributed by atoms with Crippen LogP contribution in [0.3, 0.4) is 0 Å². The SMILES string of the molecule is CCN1CCN(C(=O)NC(C(=O)N[C@]2(NC=O)C(=O)N3C(C(=O)O)=C(C(=S)c4nnc(NC=O)s4)CS[C@H]32)c2ccc(O)c(O)c2)C(=O)C1=O. The summed E-state index contributed by atoms with van der Waals surface area (Å²) in [5, 5.41) is 45.8. The second kappa shape index (κ2) is 14.0. The maximum absolute atomic E-state index is 14.0. The van der Waals surface area contributed by atoms with Crippen LogP contribution in [-0.4, -0.2) is 130 Å². The Morgan fingerprint density at radius 2 is 1.84 bits per heavy atom. The highest BCUT2D eigenvalue weighted by molar-refractivity contribution is 8.00. The van der Waals surface area contributed by atoms with E-state index in [0.717, 1.165) is 46.2 Å². The number of carboxylic acid groups (broad SMARTS) is 1. The van der Waals surface area contributed by atoms with Gasteiger partial charge in [0.2, 0.25) is 29.5 Å². The minimum Gasteiger partial charge on any atom is -0.504 e. The van der Waals surface area contributed by atoms with Gasteiger partial charge in [-0.25, -0.2) is 9.59 Å². The molecule has 50 heavy (non-hydrogen) atoms. The molecule has 3 aliphatic rings. The predicted octanol–water partition coefficient (Wildman–Crippen LogP) is -1.81. The molecule has 1 aromatic heterocycles. The Kier molecular flexibility index (Phi) is 10.0. The fourth-order valence-electron chi connectivity index (χ4n) is 5.32. The van der Waals surface area contributed by atoms with E-state index in [1.54, 1.807) is 6.92 Å². The van der Waals surface area contributed by atoms with Crippen LogP contribution in [0.1, 0.15) is 23.5 Å². The molecule has 2 saturated heterocycles. The molecule has 0 aliphatic carbocycles. The van der Waals surface area contributed by atoms with Crippen LogP contribution in [0.2, 0.25) is 0 Å². The molecule has 2 aromatic rings. The molecule has 0 radical (unpaired) electrons. The summed E-state index contributed by atoms with van der Waals surface area (Å²) >= 11 is 7.22. The minimum absolute atomic E-state index is 0.00553. The van der Waals surface area contributed by atoms with E-state index < -0.39 is 69.9 Å². The largest absolute Gasteiger partial charge is 0.504 e. The molecule has 0 spiro atoms. The summed E-state index contributed by atoms with van der Waals surface area (Å²) in [5.74, 6) is -7.42. The van der Waals surface area contributed by atoms with Gasteiger partial charge in [-0.3, -0.25) is 38.6 Å². The highest BCUT2D eigenvalue weighted by Gasteiger charge is 2.66. The highest BCUT2D eigenvalue weighted by Crippen LogP contribution is 2.46. The minimum atomic E-state index is -2.28. The van der Waals surface area contributed by atoms with E-state index in [0.29, 0.717) is 11.3 Å². The first-order valence-corrected chi connectivity index (χ1v) is 16.5. The van der Waals surface area contributed by atoms with Crippen molar-refractivity contribution < 1.29 is 53.7 Å². The lowest BCUT2D eigenvalue weighted by Crippen LogP contribution is -2.85. The molecular formula is C27H25N9O11S3. The summed E-state index contributed by atoms with van der Waals surface area (Å²) in [6.45, 7) is 1.65. The van der Waals surface area contributed by atoms with Crippen molar-refractivity contribution in [3.8, 4) is 11.5 Å². The molecule has 262 valence electrons. The van der Waals surface area contributed by atoms with Gasteiger partial charge >= 0.3 is 23.8 Å². The Hall–Kier alpha value is -5.68. The van der Waals surface area contributed by atoms with Gasteiger partial charge in [0.1, 0.15) is 17.1 Å². The first-order valence-electron chi connectivity index (χ1n) is 14.3. The summed E-state index contributed by atoms with van der Waals surface area (Å²) in [5.41, 5.74) is -3.00. The van der Waals surface area contributed by atoms with Crippen LogP contribution in [0.4, 0.5) is 9.93 Å². The number of amides is 8. The van der Waals surface area contributed by atoms with E-state index in [1.807, 2.05) is 0 Å². The molecular weight excluding hydrogens is 723 g/mol. The van der Waals surface area contributed by atoms with Crippen molar-refractivity contribution in [2.75, 3.05) is 30.7 Å². The monoisotopic (exact) mass is 747 g/mol. The van der Waals surface area contributed by atoms with Gasteiger partial charge in [-0.15, -0.1) is 22.0 Å². The van der Waals surface area contributed by atoms with Crippen LogP contribution >= 0.6 is 35.3 Å². The Morgan fingerprint density at radius 1 is 1.10 bits per heavy atom. The van der Waals surface area contributed by atoms with Crippen molar-refractivity contribution in [2.24, 2.45) is 0 Å². The molecule has 1 unspecified atom stereocenters. The second-order valence-corrected chi connectivity index (χ2v) is 13.0. The van der Waals surface area contributed by atoms with Gasteiger partial charge in [-0.1, -0.05) is 29.6 Å². The number of rotatable bonds is 12. The number of hydrogen-bond donors (Lipinski definition) is 7. The number of hydrogen-bond acceptors (Lipinski definition) is 15. The molecule has 0 bridgehead atoms. The third-order valence-corrected chi connectivity index (χ3v) is 10.5. The number of phenols is 2. The van der Waals surface area contributed by atoms with Crippen LogP contribution in [0.5, 0.6) is 11.5 Å². The number of aliphatic carboxylic acids is 1. The number of nitrogens with zero attached hydrogens (tertiary/aromatic N) is 5. The number of β-lactam (4-membered cyclic amide) rings is 1. The van der Waals surface area contributed by atoms with Gasteiger partial charge in [0.25, 0.3) is 5.91 Å². The second-order valence-electron chi connectivity index (χ2n) is 10.5. The number of fused-ring (bicyclic) bond motifs is 1. The van der Waals surface area contributed by atoms with Crippen molar-refractivity contribution in [2.45, 2.75) is 24.0 Å². The lowest BCUT2D eigenvalue weighted by atomic mass is 9.93. The molecule has 3 aliphatic heterocycles. The molecule has 0 saturated carbocycles. The quantitative estimate of drug-likeness (QED) is 0.0240. The van der Waals surface area contributed by atoms with Crippen molar-refractivity contribution in [3.63, 3.8) is 0 Å². The molecule has 4 heterocycles. The number of anilines is 1. The molecule has 8 amide bonds. The summed E-state index contributed by atoms with van der Waals surface area (Å²) < 4.78 is 0. The average molecular weight is 748 g/mol. The third-order valence-electron chi connectivity index (χ3n) is 7.76. The van der Waals surface area contributed by atoms with Gasteiger partial charge in [0.15, 0.2) is 16.5 Å². The van der Waals surface area contributed by atoms with Gasteiger partial charge in [0, 0.05) is 31.0 Å². The zero-order valence-electron chi connectivity index (χ0n) is 25.4.